The van der Waals surface area contributed by atoms with Crippen molar-refractivity contribution in [3.8, 4) is 0 Å². The Balaban J connectivity index is 2.00. The first kappa shape index (κ1) is 9.73. The largest absolute Gasteiger partial charge is 0.379 e. The monoisotopic (exact) mass is 211 g/mol. The molecule has 1 aromatic rings. The van der Waals surface area contributed by atoms with Gasteiger partial charge >= 0.3 is 0 Å². The van der Waals surface area contributed by atoms with E-state index in [9.17, 15) is 0 Å². The van der Waals surface area contributed by atoms with Crippen LogP contribution < -0.4 is 5.32 Å². The lowest BCUT2D eigenvalue weighted by molar-refractivity contribution is 0.195. The molecule has 1 saturated heterocycles. The van der Waals surface area contributed by atoms with Gasteiger partial charge in [0.05, 0.1) is 12.6 Å². The molecular formula is C9H13N3OS. The van der Waals surface area contributed by atoms with Gasteiger partial charge in [-0.3, -0.25) is 0 Å². The first-order valence-corrected chi connectivity index (χ1v) is 5.81. The maximum absolute atomic E-state index is 5.27. The minimum atomic E-state index is 0.402. The van der Waals surface area contributed by atoms with Crippen LogP contribution in [0.4, 0.5) is 5.82 Å². The number of anilines is 1. The Morgan fingerprint density at radius 3 is 3.21 bits per heavy atom. The van der Waals surface area contributed by atoms with E-state index < -0.39 is 0 Å². The van der Waals surface area contributed by atoms with Crippen molar-refractivity contribution in [1.29, 1.82) is 0 Å². The fourth-order valence-corrected chi connectivity index (χ4v) is 1.77. The fourth-order valence-electron chi connectivity index (χ4n) is 1.39. The average molecular weight is 211 g/mol. The molecule has 1 atom stereocenters. The molecule has 2 heterocycles. The molecular weight excluding hydrogens is 198 g/mol. The van der Waals surface area contributed by atoms with Crippen LogP contribution in [0.3, 0.4) is 0 Å². The van der Waals surface area contributed by atoms with Crippen molar-refractivity contribution in [2.75, 3.05) is 24.8 Å². The fraction of sp³-hybridized carbons (Fsp3) is 0.556. The van der Waals surface area contributed by atoms with Crippen LogP contribution in [0.5, 0.6) is 0 Å². The van der Waals surface area contributed by atoms with Crippen molar-refractivity contribution in [3.63, 3.8) is 0 Å². The molecule has 0 aliphatic carbocycles. The third kappa shape index (κ3) is 2.36. The van der Waals surface area contributed by atoms with Gasteiger partial charge in [-0.25, -0.2) is 9.97 Å². The van der Waals surface area contributed by atoms with Crippen LogP contribution in [-0.2, 0) is 4.74 Å². The molecule has 0 saturated carbocycles. The topological polar surface area (TPSA) is 47.0 Å². The maximum atomic E-state index is 5.27. The van der Waals surface area contributed by atoms with Gasteiger partial charge in [-0.05, 0) is 12.7 Å². The number of rotatable bonds is 3. The molecule has 0 spiro atoms. The van der Waals surface area contributed by atoms with E-state index in [1.165, 1.54) is 0 Å². The van der Waals surface area contributed by atoms with E-state index in [0.717, 1.165) is 30.5 Å². The third-order valence-electron chi connectivity index (χ3n) is 2.13. The van der Waals surface area contributed by atoms with Crippen molar-refractivity contribution < 1.29 is 4.74 Å². The van der Waals surface area contributed by atoms with Crippen molar-refractivity contribution in [1.82, 2.24) is 9.97 Å². The van der Waals surface area contributed by atoms with Crippen molar-refractivity contribution in [2.24, 2.45) is 0 Å². The normalized spacial score (nSPS) is 21.1. The molecule has 5 heteroatoms. The number of nitrogens with zero attached hydrogens (tertiary/aromatic N) is 2. The van der Waals surface area contributed by atoms with E-state index in [0.29, 0.717) is 6.04 Å². The van der Waals surface area contributed by atoms with E-state index in [-0.39, 0.29) is 0 Å². The first-order chi connectivity index (χ1) is 6.88. The molecule has 1 N–H and O–H groups in total. The Morgan fingerprint density at radius 2 is 2.50 bits per heavy atom. The van der Waals surface area contributed by atoms with Crippen LogP contribution in [0.25, 0.3) is 0 Å². The highest BCUT2D eigenvalue weighted by atomic mass is 32.2. The van der Waals surface area contributed by atoms with Crippen LogP contribution in [0.1, 0.15) is 6.42 Å². The smallest absolute Gasteiger partial charge is 0.130 e. The van der Waals surface area contributed by atoms with E-state index in [1.807, 2.05) is 12.3 Å². The summed E-state index contributed by atoms with van der Waals surface area (Å²) in [4.78, 5) is 8.27. The molecule has 1 aliphatic heterocycles. The highest BCUT2D eigenvalue weighted by Crippen LogP contribution is 2.16. The van der Waals surface area contributed by atoms with E-state index in [2.05, 4.69) is 15.3 Å². The molecule has 1 fully saturated rings. The Kier molecular flexibility index (Phi) is 3.21. The molecule has 0 amide bonds. The molecule has 0 radical (unpaired) electrons. The molecule has 2 rings (SSSR count). The van der Waals surface area contributed by atoms with Crippen molar-refractivity contribution in [3.05, 3.63) is 12.4 Å². The SMILES string of the molecule is CSc1cc(N[C@H]2CCOC2)ncn1. The Morgan fingerprint density at radius 1 is 1.57 bits per heavy atom. The second-order valence-electron chi connectivity index (χ2n) is 3.15. The van der Waals surface area contributed by atoms with Gasteiger partial charge in [0, 0.05) is 12.7 Å². The zero-order valence-corrected chi connectivity index (χ0v) is 8.88. The van der Waals surface area contributed by atoms with Gasteiger partial charge in [0.2, 0.25) is 0 Å². The lowest BCUT2D eigenvalue weighted by Gasteiger charge is -2.10. The predicted octanol–water partition coefficient (Wildman–Crippen LogP) is 1.40. The maximum Gasteiger partial charge on any atom is 0.130 e. The number of hydrogen-bond acceptors (Lipinski definition) is 5. The summed E-state index contributed by atoms with van der Waals surface area (Å²) in [6.07, 6.45) is 4.65. The zero-order chi connectivity index (χ0) is 9.80. The van der Waals surface area contributed by atoms with Gasteiger partial charge in [-0.2, -0.15) is 0 Å². The predicted molar refractivity (Wildman–Crippen MR) is 56.7 cm³/mol. The minimum absolute atomic E-state index is 0.402. The number of nitrogens with one attached hydrogen (secondary N) is 1. The summed E-state index contributed by atoms with van der Waals surface area (Å²) in [5.41, 5.74) is 0. The van der Waals surface area contributed by atoms with Gasteiger partial charge in [-0.15, -0.1) is 11.8 Å². The summed E-state index contributed by atoms with van der Waals surface area (Å²) in [6.45, 7) is 1.62. The van der Waals surface area contributed by atoms with Gasteiger partial charge in [-0.1, -0.05) is 0 Å². The average Bonchev–Trinajstić information content (AvgIpc) is 2.71. The van der Waals surface area contributed by atoms with Gasteiger partial charge in [0.1, 0.15) is 17.2 Å². The van der Waals surface area contributed by atoms with Crippen molar-refractivity contribution in [2.45, 2.75) is 17.5 Å². The summed E-state index contributed by atoms with van der Waals surface area (Å²) in [7, 11) is 0. The van der Waals surface area contributed by atoms with Crippen LogP contribution in [0.2, 0.25) is 0 Å². The lowest BCUT2D eigenvalue weighted by Crippen LogP contribution is -2.19. The Labute approximate surface area is 87.5 Å². The molecule has 0 aromatic carbocycles. The summed E-state index contributed by atoms with van der Waals surface area (Å²) in [5.74, 6) is 0.889. The van der Waals surface area contributed by atoms with Crippen LogP contribution in [0.15, 0.2) is 17.4 Å². The summed E-state index contributed by atoms with van der Waals surface area (Å²) in [6, 6.07) is 2.36. The highest BCUT2D eigenvalue weighted by Gasteiger charge is 2.15. The molecule has 0 unspecified atom stereocenters. The van der Waals surface area contributed by atoms with Gasteiger partial charge in [0.15, 0.2) is 0 Å². The quantitative estimate of drug-likeness (QED) is 0.605. The summed E-state index contributed by atoms with van der Waals surface area (Å²) >= 11 is 1.62. The molecule has 4 nitrogen and oxygen atoms in total. The van der Waals surface area contributed by atoms with E-state index in [1.54, 1.807) is 18.1 Å². The van der Waals surface area contributed by atoms with Crippen LogP contribution in [-0.4, -0.2) is 35.5 Å². The standard InChI is InChI=1S/C9H13N3OS/c1-14-9-4-8(10-6-11-9)12-7-2-3-13-5-7/h4,6-7H,2-3,5H2,1H3,(H,10,11,12)/t7-/m0/s1. The number of aromatic nitrogens is 2. The highest BCUT2D eigenvalue weighted by molar-refractivity contribution is 7.98. The molecule has 0 bridgehead atoms. The first-order valence-electron chi connectivity index (χ1n) is 4.59. The molecule has 76 valence electrons. The van der Waals surface area contributed by atoms with E-state index in [4.69, 9.17) is 4.74 Å². The molecule has 14 heavy (non-hydrogen) atoms. The van der Waals surface area contributed by atoms with Gasteiger partial charge < -0.3 is 10.1 Å². The number of hydrogen-bond donors (Lipinski definition) is 1. The van der Waals surface area contributed by atoms with E-state index >= 15 is 0 Å². The second-order valence-corrected chi connectivity index (χ2v) is 3.98. The van der Waals surface area contributed by atoms with Crippen LogP contribution >= 0.6 is 11.8 Å². The third-order valence-corrected chi connectivity index (χ3v) is 2.77. The van der Waals surface area contributed by atoms with Gasteiger partial charge in [0.25, 0.3) is 0 Å². The summed E-state index contributed by atoms with van der Waals surface area (Å²) in [5, 5.41) is 4.31. The molecule has 1 aliphatic rings. The number of thioether (sulfide) groups is 1. The summed E-state index contributed by atoms with van der Waals surface area (Å²) < 4.78 is 5.27. The Bertz CT molecular complexity index is 302. The Hall–Kier alpha value is -0.810. The minimum Gasteiger partial charge on any atom is -0.379 e. The number of ether oxygens (including phenoxy) is 1. The zero-order valence-electron chi connectivity index (χ0n) is 8.06. The second kappa shape index (κ2) is 4.61. The molecule has 1 aromatic heterocycles. The lowest BCUT2D eigenvalue weighted by atomic mass is 10.2. The van der Waals surface area contributed by atoms with Crippen molar-refractivity contribution >= 4 is 17.6 Å². The van der Waals surface area contributed by atoms with Crippen LogP contribution in [0, 0.1) is 0 Å².